The molecule has 2 nitrogen and oxygen atoms in total. The number of nitrogens with zero attached hydrogens (tertiary/aromatic N) is 1. The third-order valence-corrected chi connectivity index (χ3v) is 6.57. The van der Waals surface area contributed by atoms with Gasteiger partial charge in [0.1, 0.15) is 0 Å². The van der Waals surface area contributed by atoms with Gasteiger partial charge in [-0.15, -0.1) is 0 Å². The Morgan fingerprint density at radius 2 is 1.95 bits per heavy atom. The maximum Gasteiger partial charge on any atom is 0.0499 e. The number of thioether (sulfide) groups is 1. The van der Waals surface area contributed by atoms with Gasteiger partial charge in [0.15, 0.2) is 0 Å². The van der Waals surface area contributed by atoms with Crippen LogP contribution >= 0.6 is 11.8 Å². The van der Waals surface area contributed by atoms with Crippen molar-refractivity contribution in [2.75, 3.05) is 31.2 Å². The van der Waals surface area contributed by atoms with E-state index >= 15 is 0 Å². The Labute approximate surface area is 139 Å². The maximum atomic E-state index is 10.1. The Morgan fingerprint density at radius 1 is 1.18 bits per heavy atom. The molecule has 0 saturated carbocycles. The minimum atomic E-state index is 0.124. The van der Waals surface area contributed by atoms with Crippen LogP contribution in [0.3, 0.4) is 0 Å². The predicted octanol–water partition coefficient (Wildman–Crippen LogP) is 3.59. The Bertz CT molecular complexity index is 446. The van der Waals surface area contributed by atoms with Crippen LogP contribution in [0.15, 0.2) is 30.3 Å². The van der Waals surface area contributed by atoms with Gasteiger partial charge in [-0.05, 0) is 62.1 Å². The van der Waals surface area contributed by atoms with Gasteiger partial charge in [0.25, 0.3) is 0 Å². The van der Waals surface area contributed by atoms with Crippen LogP contribution in [-0.4, -0.2) is 47.3 Å². The van der Waals surface area contributed by atoms with Crippen LogP contribution in [0.5, 0.6) is 0 Å². The van der Waals surface area contributed by atoms with E-state index in [9.17, 15) is 5.11 Å². The third kappa shape index (κ3) is 4.06. The smallest absolute Gasteiger partial charge is 0.0499 e. The highest BCUT2D eigenvalue weighted by Gasteiger charge is 2.37. The molecule has 22 heavy (non-hydrogen) atoms. The summed E-state index contributed by atoms with van der Waals surface area (Å²) in [7, 11) is 0. The van der Waals surface area contributed by atoms with Gasteiger partial charge in [0.2, 0.25) is 0 Å². The normalized spacial score (nSPS) is 27.9. The summed E-state index contributed by atoms with van der Waals surface area (Å²) >= 11 is 2.10. The molecular formula is C19H29NOS. The van der Waals surface area contributed by atoms with Gasteiger partial charge in [0, 0.05) is 24.6 Å². The minimum Gasteiger partial charge on any atom is -0.396 e. The molecule has 0 bridgehead atoms. The number of aryl methyl sites for hydroxylation is 1. The zero-order valence-electron chi connectivity index (χ0n) is 13.5. The Kier molecular flexibility index (Phi) is 5.83. The Balaban J connectivity index is 1.61. The molecule has 0 aliphatic carbocycles. The monoisotopic (exact) mass is 319 g/mol. The highest BCUT2D eigenvalue weighted by molar-refractivity contribution is 7.99. The summed E-state index contributed by atoms with van der Waals surface area (Å²) in [6.45, 7) is 2.69. The predicted molar refractivity (Wildman–Crippen MR) is 95.4 cm³/mol. The highest BCUT2D eigenvalue weighted by atomic mass is 32.2. The van der Waals surface area contributed by atoms with Crippen molar-refractivity contribution >= 4 is 11.8 Å². The number of piperidine rings is 1. The van der Waals surface area contributed by atoms with E-state index in [1.54, 1.807) is 0 Å². The van der Waals surface area contributed by atoms with Crippen LogP contribution in [0.25, 0.3) is 0 Å². The van der Waals surface area contributed by atoms with Crippen molar-refractivity contribution < 1.29 is 5.11 Å². The summed E-state index contributed by atoms with van der Waals surface area (Å²) in [6, 6.07) is 11.5. The van der Waals surface area contributed by atoms with E-state index in [1.807, 2.05) is 0 Å². The summed E-state index contributed by atoms with van der Waals surface area (Å²) < 4.78 is 0. The molecule has 2 fully saturated rings. The molecule has 1 unspecified atom stereocenters. The second-order valence-electron chi connectivity index (χ2n) is 7.06. The molecule has 1 atom stereocenters. The fraction of sp³-hybridized carbons (Fsp3) is 0.684. The lowest BCUT2D eigenvalue weighted by molar-refractivity contribution is 0.00498. The summed E-state index contributed by atoms with van der Waals surface area (Å²) in [5, 5.41) is 10.1. The topological polar surface area (TPSA) is 23.5 Å². The lowest BCUT2D eigenvalue weighted by Crippen LogP contribution is -2.50. The number of benzene rings is 1. The average Bonchev–Trinajstić information content (AvgIpc) is 2.62. The average molecular weight is 320 g/mol. The Morgan fingerprint density at radius 3 is 2.68 bits per heavy atom. The van der Waals surface area contributed by atoms with E-state index < -0.39 is 0 Å². The standard InChI is InChI=1S/C19H29NOS/c21-16-19(11-7-17-5-2-1-3-6-17)10-4-12-20(15-19)18-8-13-22-14-9-18/h1-3,5-6,18,21H,4,7-16H2. The van der Waals surface area contributed by atoms with Crippen LogP contribution in [0.4, 0.5) is 0 Å². The second-order valence-corrected chi connectivity index (χ2v) is 8.29. The summed E-state index contributed by atoms with van der Waals surface area (Å²) in [5.74, 6) is 2.63. The fourth-order valence-electron chi connectivity index (χ4n) is 4.07. The van der Waals surface area contributed by atoms with Crippen LogP contribution in [0.1, 0.15) is 37.7 Å². The van der Waals surface area contributed by atoms with Gasteiger partial charge in [-0.3, -0.25) is 4.90 Å². The number of aliphatic hydroxyl groups excluding tert-OH is 1. The molecule has 1 aromatic carbocycles. The Hall–Kier alpha value is -0.510. The highest BCUT2D eigenvalue weighted by Crippen LogP contribution is 2.36. The summed E-state index contributed by atoms with van der Waals surface area (Å²) in [5.41, 5.74) is 1.53. The van der Waals surface area contributed by atoms with E-state index in [0.717, 1.165) is 25.4 Å². The fourth-order valence-corrected chi connectivity index (χ4v) is 5.16. The minimum absolute atomic E-state index is 0.124. The first-order chi connectivity index (χ1) is 10.8. The number of hydrogen-bond acceptors (Lipinski definition) is 3. The third-order valence-electron chi connectivity index (χ3n) is 5.52. The van der Waals surface area contributed by atoms with Crippen molar-refractivity contribution in [3.8, 4) is 0 Å². The first kappa shape index (κ1) is 16.4. The van der Waals surface area contributed by atoms with E-state index in [1.165, 1.54) is 49.3 Å². The quantitative estimate of drug-likeness (QED) is 0.897. The molecule has 2 heterocycles. The van der Waals surface area contributed by atoms with Crippen molar-refractivity contribution in [1.29, 1.82) is 0 Å². The molecule has 3 heteroatoms. The number of rotatable bonds is 5. The van der Waals surface area contributed by atoms with E-state index in [4.69, 9.17) is 0 Å². The zero-order chi connectivity index (χ0) is 15.3. The molecule has 2 aliphatic rings. The first-order valence-electron chi connectivity index (χ1n) is 8.78. The molecule has 122 valence electrons. The largest absolute Gasteiger partial charge is 0.396 e. The van der Waals surface area contributed by atoms with Crippen LogP contribution < -0.4 is 0 Å². The van der Waals surface area contributed by atoms with Crippen LogP contribution in [-0.2, 0) is 6.42 Å². The van der Waals surface area contributed by atoms with Gasteiger partial charge < -0.3 is 5.11 Å². The van der Waals surface area contributed by atoms with E-state index in [0.29, 0.717) is 6.61 Å². The lowest BCUT2D eigenvalue weighted by Gasteiger charge is -2.46. The second kappa shape index (κ2) is 7.85. The van der Waals surface area contributed by atoms with Gasteiger partial charge in [-0.2, -0.15) is 11.8 Å². The van der Waals surface area contributed by atoms with Crippen molar-refractivity contribution in [3.05, 3.63) is 35.9 Å². The molecule has 1 N–H and O–H groups in total. The molecule has 2 saturated heterocycles. The molecule has 0 amide bonds. The molecule has 0 radical (unpaired) electrons. The van der Waals surface area contributed by atoms with Gasteiger partial charge in [-0.1, -0.05) is 30.3 Å². The maximum absolute atomic E-state index is 10.1. The van der Waals surface area contributed by atoms with Crippen molar-refractivity contribution in [1.82, 2.24) is 4.90 Å². The van der Waals surface area contributed by atoms with Crippen molar-refractivity contribution in [3.63, 3.8) is 0 Å². The van der Waals surface area contributed by atoms with E-state index in [-0.39, 0.29) is 5.41 Å². The molecule has 0 aromatic heterocycles. The number of likely N-dealkylation sites (tertiary alicyclic amines) is 1. The molecular weight excluding hydrogens is 290 g/mol. The molecule has 2 aliphatic heterocycles. The number of aliphatic hydroxyl groups is 1. The lowest BCUT2D eigenvalue weighted by atomic mass is 9.75. The first-order valence-corrected chi connectivity index (χ1v) is 9.93. The van der Waals surface area contributed by atoms with Crippen LogP contribution in [0.2, 0.25) is 0 Å². The zero-order valence-corrected chi connectivity index (χ0v) is 14.4. The van der Waals surface area contributed by atoms with Crippen molar-refractivity contribution in [2.24, 2.45) is 5.41 Å². The van der Waals surface area contributed by atoms with Gasteiger partial charge in [0.05, 0.1) is 0 Å². The molecule has 0 spiro atoms. The van der Waals surface area contributed by atoms with Gasteiger partial charge in [-0.25, -0.2) is 0 Å². The van der Waals surface area contributed by atoms with Gasteiger partial charge >= 0.3 is 0 Å². The summed E-state index contributed by atoms with van der Waals surface area (Å²) in [6.07, 6.45) is 7.32. The molecule has 3 rings (SSSR count). The van der Waals surface area contributed by atoms with E-state index in [2.05, 4.69) is 47.0 Å². The summed E-state index contributed by atoms with van der Waals surface area (Å²) in [4.78, 5) is 2.70. The number of hydrogen-bond donors (Lipinski definition) is 1. The van der Waals surface area contributed by atoms with Crippen LogP contribution in [0, 0.1) is 5.41 Å². The SMILES string of the molecule is OCC1(CCc2ccccc2)CCCN(C2CCSCC2)C1. The van der Waals surface area contributed by atoms with Crippen molar-refractivity contribution in [2.45, 2.75) is 44.6 Å². The molecule has 1 aromatic rings.